The topological polar surface area (TPSA) is 51.7 Å². The number of hydrogen-bond donors (Lipinski definition) is 3. The van der Waals surface area contributed by atoms with Crippen LogP contribution in [-0.2, 0) is 0 Å². The summed E-state index contributed by atoms with van der Waals surface area (Å²) in [5.74, 6) is 0.975. The minimum absolute atomic E-state index is 0. The highest BCUT2D eigenvalue weighted by atomic mass is 127. The molecule has 0 spiro atoms. The van der Waals surface area contributed by atoms with Gasteiger partial charge < -0.3 is 20.9 Å². The lowest BCUT2D eigenvalue weighted by atomic mass is 10.1. The first-order valence-electron chi connectivity index (χ1n) is 9.02. The Labute approximate surface area is 159 Å². The van der Waals surface area contributed by atoms with Crippen molar-refractivity contribution in [3.63, 3.8) is 0 Å². The fourth-order valence-corrected chi connectivity index (χ4v) is 2.96. The number of halogens is 1. The van der Waals surface area contributed by atoms with E-state index in [1.54, 1.807) is 0 Å². The van der Waals surface area contributed by atoms with Gasteiger partial charge in [-0.1, -0.05) is 0 Å². The average Bonchev–Trinajstić information content (AvgIpc) is 3.28. The summed E-state index contributed by atoms with van der Waals surface area (Å²) in [5.41, 5.74) is 0.164. The number of hydrogen-bond acceptors (Lipinski definition) is 3. The van der Waals surface area contributed by atoms with Crippen LogP contribution < -0.4 is 16.0 Å². The lowest BCUT2D eigenvalue weighted by Gasteiger charge is -2.33. The van der Waals surface area contributed by atoms with Gasteiger partial charge in [-0.15, -0.1) is 24.0 Å². The molecular weight excluding hydrogens is 401 g/mol. The Hall–Kier alpha value is -0.0800. The van der Waals surface area contributed by atoms with Crippen LogP contribution in [0.25, 0.3) is 0 Å². The molecule has 2 fully saturated rings. The molecule has 0 aromatic heterocycles. The minimum atomic E-state index is 0. The summed E-state index contributed by atoms with van der Waals surface area (Å²) in [6.07, 6.45) is 5.31. The average molecular weight is 437 g/mol. The fraction of sp³-hybridized carbons (Fsp3) is 0.941. The van der Waals surface area contributed by atoms with E-state index in [-0.39, 0.29) is 29.5 Å². The molecule has 6 heteroatoms. The van der Waals surface area contributed by atoms with Gasteiger partial charge in [0.05, 0.1) is 6.54 Å². The van der Waals surface area contributed by atoms with Crippen molar-refractivity contribution >= 4 is 29.9 Å². The Morgan fingerprint density at radius 2 is 1.78 bits per heavy atom. The van der Waals surface area contributed by atoms with Crippen LogP contribution in [0.1, 0.15) is 53.4 Å². The van der Waals surface area contributed by atoms with Gasteiger partial charge in [-0.3, -0.25) is 4.99 Å². The zero-order valence-electron chi connectivity index (χ0n) is 15.3. The Morgan fingerprint density at radius 3 is 2.30 bits per heavy atom. The zero-order valence-corrected chi connectivity index (χ0v) is 17.7. The molecule has 3 N–H and O–H groups in total. The third kappa shape index (κ3) is 8.54. The zero-order chi connectivity index (χ0) is 16.0. The van der Waals surface area contributed by atoms with Crippen LogP contribution >= 0.6 is 24.0 Å². The lowest BCUT2D eigenvalue weighted by molar-refractivity contribution is 0.197. The second-order valence-corrected chi connectivity index (χ2v) is 7.62. The molecule has 1 saturated carbocycles. The molecule has 2 aliphatic rings. The summed E-state index contributed by atoms with van der Waals surface area (Å²) in [7, 11) is 0. The van der Waals surface area contributed by atoms with Gasteiger partial charge in [-0.2, -0.15) is 0 Å². The number of nitrogens with zero attached hydrogens (tertiary/aromatic N) is 2. The molecule has 0 aromatic rings. The highest BCUT2D eigenvalue weighted by molar-refractivity contribution is 14.0. The molecule has 1 aliphatic heterocycles. The Morgan fingerprint density at radius 1 is 1.13 bits per heavy atom. The van der Waals surface area contributed by atoms with E-state index in [2.05, 4.69) is 48.5 Å². The van der Waals surface area contributed by atoms with Crippen molar-refractivity contribution in [3.8, 4) is 0 Å². The molecule has 0 atom stereocenters. The van der Waals surface area contributed by atoms with Crippen molar-refractivity contribution < 1.29 is 0 Å². The molecule has 0 aromatic carbocycles. The first-order valence-corrected chi connectivity index (χ1v) is 9.02. The quantitative estimate of drug-likeness (QED) is 0.258. The maximum absolute atomic E-state index is 4.70. The third-order valence-corrected chi connectivity index (χ3v) is 4.31. The smallest absolute Gasteiger partial charge is 0.191 e. The van der Waals surface area contributed by atoms with E-state index >= 15 is 0 Å². The number of aliphatic imine (C=N–C) groups is 1. The van der Waals surface area contributed by atoms with E-state index in [9.17, 15) is 0 Å². The number of guanidine groups is 1. The summed E-state index contributed by atoms with van der Waals surface area (Å²) in [4.78, 5) is 7.36. The van der Waals surface area contributed by atoms with Crippen LogP contribution in [0.2, 0.25) is 0 Å². The van der Waals surface area contributed by atoms with E-state index in [1.165, 1.54) is 38.8 Å². The maximum atomic E-state index is 4.70. The molecule has 2 rings (SSSR count). The Kier molecular flexibility index (Phi) is 9.15. The number of rotatable bonds is 6. The van der Waals surface area contributed by atoms with Crippen LogP contribution in [0.15, 0.2) is 4.99 Å². The van der Waals surface area contributed by atoms with Gasteiger partial charge in [0.2, 0.25) is 0 Å². The van der Waals surface area contributed by atoms with Gasteiger partial charge in [-0.05, 0) is 53.4 Å². The molecule has 1 saturated heterocycles. The van der Waals surface area contributed by atoms with Crippen molar-refractivity contribution in [2.24, 2.45) is 4.99 Å². The van der Waals surface area contributed by atoms with Gasteiger partial charge in [0.25, 0.3) is 0 Å². The number of piperidine rings is 1. The minimum Gasteiger partial charge on any atom is -0.357 e. The van der Waals surface area contributed by atoms with E-state index in [1.807, 2.05) is 0 Å². The molecule has 136 valence electrons. The van der Waals surface area contributed by atoms with Crippen molar-refractivity contribution in [2.45, 2.75) is 71.0 Å². The maximum Gasteiger partial charge on any atom is 0.191 e. The van der Waals surface area contributed by atoms with Gasteiger partial charge >= 0.3 is 0 Å². The van der Waals surface area contributed by atoms with Crippen molar-refractivity contribution in [1.82, 2.24) is 20.9 Å². The van der Waals surface area contributed by atoms with Crippen LogP contribution in [0, 0.1) is 0 Å². The molecule has 0 unspecified atom stereocenters. The SMILES string of the molecule is CCNC(=NCCNC(C)(C)C)NC1CCN(C2CC2)CC1.I. The monoisotopic (exact) mass is 437 g/mol. The van der Waals surface area contributed by atoms with Crippen molar-refractivity contribution in [3.05, 3.63) is 0 Å². The summed E-state index contributed by atoms with van der Waals surface area (Å²) >= 11 is 0. The molecule has 5 nitrogen and oxygen atoms in total. The normalized spacial score (nSPS) is 21.0. The molecule has 0 amide bonds. The highest BCUT2D eigenvalue weighted by Gasteiger charge is 2.31. The predicted molar refractivity (Wildman–Crippen MR) is 110 cm³/mol. The van der Waals surface area contributed by atoms with Gasteiger partial charge in [0.1, 0.15) is 0 Å². The standard InChI is InChI=1S/C17H35N5.HI/c1-5-18-16(19-10-11-20-17(2,3)4)21-14-8-12-22(13-9-14)15-6-7-15;/h14-15,20H,5-13H2,1-4H3,(H2,18,19,21);1H. The Balaban J connectivity index is 0.00000264. The van der Waals surface area contributed by atoms with Crippen molar-refractivity contribution in [2.75, 3.05) is 32.7 Å². The van der Waals surface area contributed by atoms with Crippen LogP contribution in [0.4, 0.5) is 0 Å². The molecule has 0 radical (unpaired) electrons. The summed E-state index contributed by atoms with van der Waals surface area (Å²) in [5, 5.41) is 10.5. The van der Waals surface area contributed by atoms with Crippen molar-refractivity contribution in [1.29, 1.82) is 0 Å². The first-order chi connectivity index (χ1) is 10.5. The summed E-state index contributed by atoms with van der Waals surface area (Å²) in [6.45, 7) is 13.8. The van der Waals surface area contributed by atoms with Crippen LogP contribution in [0.3, 0.4) is 0 Å². The summed E-state index contributed by atoms with van der Waals surface area (Å²) in [6, 6.07) is 1.48. The Bertz CT molecular complexity index is 354. The highest BCUT2D eigenvalue weighted by Crippen LogP contribution is 2.29. The van der Waals surface area contributed by atoms with E-state index in [0.717, 1.165) is 31.6 Å². The van der Waals surface area contributed by atoms with Gasteiger partial charge in [0, 0.05) is 43.8 Å². The van der Waals surface area contributed by atoms with Gasteiger partial charge in [-0.25, -0.2) is 0 Å². The second-order valence-electron chi connectivity index (χ2n) is 7.62. The molecular formula is C17H36IN5. The number of nitrogens with one attached hydrogen (secondary N) is 3. The largest absolute Gasteiger partial charge is 0.357 e. The van der Waals surface area contributed by atoms with Crippen LogP contribution in [0.5, 0.6) is 0 Å². The summed E-state index contributed by atoms with van der Waals surface area (Å²) < 4.78 is 0. The van der Waals surface area contributed by atoms with Crippen LogP contribution in [-0.4, -0.2) is 61.2 Å². The van der Waals surface area contributed by atoms with E-state index in [4.69, 9.17) is 4.99 Å². The van der Waals surface area contributed by atoms with E-state index in [0.29, 0.717) is 6.04 Å². The third-order valence-electron chi connectivity index (χ3n) is 4.31. The first kappa shape index (κ1) is 21.0. The van der Waals surface area contributed by atoms with Gasteiger partial charge in [0.15, 0.2) is 5.96 Å². The number of likely N-dealkylation sites (tertiary alicyclic amines) is 1. The molecule has 23 heavy (non-hydrogen) atoms. The predicted octanol–water partition coefficient (Wildman–Crippen LogP) is 2.17. The lowest BCUT2D eigenvalue weighted by Crippen LogP contribution is -2.49. The fourth-order valence-electron chi connectivity index (χ4n) is 2.96. The molecule has 1 heterocycles. The second kappa shape index (κ2) is 10.0. The van der Waals surface area contributed by atoms with E-state index < -0.39 is 0 Å². The molecule has 1 aliphatic carbocycles. The molecule has 0 bridgehead atoms.